The molecule has 0 aromatic carbocycles. The van der Waals surface area contributed by atoms with E-state index in [0.29, 0.717) is 17.6 Å². The van der Waals surface area contributed by atoms with E-state index < -0.39 is 0 Å². The lowest BCUT2D eigenvalue weighted by Crippen LogP contribution is -2.48. The van der Waals surface area contributed by atoms with Crippen molar-refractivity contribution < 1.29 is 4.79 Å². The fraction of sp³-hybridized carbons (Fsp3) is 0.900. The number of carbonyl (C=O) groups is 1. The summed E-state index contributed by atoms with van der Waals surface area (Å²) >= 11 is 0. The topological polar surface area (TPSA) is 17.1 Å². The van der Waals surface area contributed by atoms with Crippen LogP contribution in [0.2, 0.25) is 0 Å². The van der Waals surface area contributed by atoms with Gasteiger partial charge in [-0.1, -0.05) is 12.8 Å². The van der Waals surface area contributed by atoms with Gasteiger partial charge in [-0.05, 0) is 31.1 Å². The zero-order valence-corrected chi connectivity index (χ0v) is 6.75. The average molecular weight is 150 g/mol. The van der Waals surface area contributed by atoms with Crippen LogP contribution in [0.3, 0.4) is 0 Å². The summed E-state index contributed by atoms with van der Waals surface area (Å²) in [7, 11) is 0. The predicted octanol–water partition coefficient (Wildman–Crippen LogP) is 2.01. The molecule has 3 rings (SSSR count). The normalized spacial score (nSPS) is 53.6. The molecule has 3 aliphatic carbocycles. The zero-order valence-electron chi connectivity index (χ0n) is 6.75. The van der Waals surface area contributed by atoms with Crippen LogP contribution in [0.1, 0.15) is 32.1 Å². The van der Waals surface area contributed by atoms with E-state index in [-0.39, 0.29) is 0 Å². The Morgan fingerprint density at radius 2 is 1.82 bits per heavy atom. The molecule has 0 saturated heterocycles. The molecule has 2 unspecified atom stereocenters. The quantitative estimate of drug-likeness (QED) is 0.516. The number of carbonyl (C=O) groups excluding carboxylic acids is 1. The van der Waals surface area contributed by atoms with E-state index in [0.717, 1.165) is 11.8 Å². The van der Waals surface area contributed by atoms with E-state index in [2.05, 4.69) is 0 Å². The minimum atomic E-state index is 0.529. The van der Waals surface area contributed by atoms with Crippen molar-refractivity contribution in [2.45, 2.75) is 32.1 Å². The Hall–Kier alpha value is -0.330. The van der Waals surface area contributed by atoms with E-state index in [1.807, 2.05) is 0 Å². The summed E-state index contributed by atoms with van der Waals surface area (Å²) < 4.78 is 0. The van der Waals surface area contributed by atoms with Gasteiger partial charge in [0.1, 0.15) is 5.78 Å². The van der Waals surface area contributed by atoms with E-state index >= 15 is 0 Å². The molecule has 0 heterocycles. The third kappa shape index (κ3) is 0.605. The standard InChI is InChI=1S/C10H14O/c11-10-7-3-1-2-6-4-5-8(10)9(6)7/h6-9H,1-5H2/t6?,7?,8-,9-/m1/s1. The van der Waals surface area contributed by atoms with Crippen LogP contribution in [0.4, 0.5) is 0 Å². The molecule has 11 heavy (non-hydrogen) atoms. The molecule has 0 radical (unpaired) electrons. The van der Waals surface area contributed by atoms with Crippen LogP contribution in [-0.4, -0.2) is 5.78 Å². The Bertz CT molecular complexity index is 209. The zero-order chi connectivity index (χ0) is 7.42. The Kier molecular flexibility index (Phi) is 1.06. The van der Waals surface area contributed by atoms with Gasteiger partial charge in [-0.2, -0.15) is 0 Å². The maximum absolute atomic E-state index is 11.5. The van der Waals surface area contributed by atoms with Crippen LogP contribution in [0.5, 0.6) is 0 Å². The first kappa shape index (κ1) is 6.22. The van der Waals surface area contributed by atoms with Crippen LogP contribution >= 0.6 is 0 Å². The van der Waals surface area contributed by atoms with Gasteiger partial charge in [0.25, 0.3) is 0 Å². The van der Waals surface area contributed by atoms with Crippen LogP contribution in [0, 0.1) is 23.7 Å². The summed E-state index contributed by atoms with van der Waals surface area (Å²) in [4.78, 5) is 11.5. The molecular weight excluding hydrogens is 136 g/mol. The second-order valence-corrected chi connectivity index (χ2v) is 4.46. The molecule has 3 fully saturated rings. The number of hydrogen-bond donors (Lipinski definition) is 0. The van der Waals surface area contributed by atoms with Crippen LogP contribution < -0.4 is 0 Å². The summed E-state index contributed by atoms with van der Waals surface area (Å²) in [5, 5.41) is 0. The van der Waals surface area contributed by atoms with E-state index in [9.17, 15) is 4.79 Å². The molecule has 3 saturated carbocycles. The first-order chi connectivity index (χ1) is 5.38. The highest BCUT2D eigenvalue weighted by Gasteiger charge is 2.56. The molecule has 60 valence electrons. The lowest BCUT2D eigenvalue weighted by molar-refractivity contribution is -0.145. The van der Waals surface area contributed by atoms with Crippen molar-refractivity contribution in [1.29, 1.82) is 0 Å². The molecule has 1 heteroatoms. The molecule has 1 nitrogen and oxygen atoms in total. The monoisotopic (exact) mass is 150 g/mol. The highest BCUT2D eigenvalue weighted by molar-refractivity contribution is 5.90. The van der Waals surface area contributed by atoms with Crippen molar-refractivity contribution in [2.75, 3.05) is 0 Å². The number of ketones is 1. The number of rotatable bonds is 0. The van der Waals surface area contributed by atoms with Gasteiger partial charge in [0, 0.05) is 11.8 Å². The van der Waals surface area contributed by atoms with Gasteiger partial charge in [0.15, 0.2) is 0 Å². The largest absolute Gasteiger partial charge is 0.299 e. The third-order valence-corrected chi connectivity index (χ3v) is 4.14. The average Bonchev–Trinajstić information content (AvgIpc) is 2.44. The minimum Gasteiger partial charge on any atom is -0.299 e. The second kappa shape index (κ2) is 1.88. The summed E-state index contributed by atoms with van der Waals surface area (Å²) in [6, 6.07) is 0. The first-order valence-electron chi connectivity index (χ1n) is 4.91. The van der Waals surface area contributed by atoms with E-state index in [1.165, 1.54) is 32.1 Å². The molecule has 0 bridgehead atoms. The van der Waals surface area contributed by atoms with Gasteiger partial charge in [-0.3, -0.25) is 4.79 Å². The lowest BCUT2D eigenvalue weighted by Gasteiger charge is -2.45. The first-order valence-corrected chi connectivity index (χ1v) is 4.91. The number of hydrogen-bond acceptors (Lipinski definition) is 1. The highest BCUT2D eigenvalue weighted by atomic mass is 16.1. The van der Waals surface area contributed by atoms with Gasteiger partial charge in [-0.25, -0.2) is 0 Å². The van der Waals surface area contributed by atoms with Crippen LogP contribution in [0.15, 0.2) is 0 Å². The SMILES string of the molecule is O=C1C2CCCC3CC[C@@H]1[C@H]32. The molecule has 0 N–H and O–H groups in total. The Labute approximate surface area is 67.2 Å². The molecular formula is C10H14O. The molecule has 0 aromatic heterocycles. The Morgan fingerprint density at radius 3 is 2.73 bits per heavy atom. The van der Waals surface area contributed by atoms with Crippen LogP contribution in [0.25, 0.3) is 0 Å². The summed E-state index contributed by atoms with van der Waals surface area (Å²) in [5.41, 5.74) is 0. The van der Waals surface area contributed by atoms with Crippen molar-refractivity contribution in [3.05, 3.63) is 0 Å². The Morgan fingerprint density at radius 1 is 1.00 bits per heavy atom. The number of Topliss-reactive ketones (excluding diaryl/α,β-unsaturated/α-hetero) is 1. The van der Waals surface area contributed by atoms with Crippen molar-refractivity contribution in [3.8, 4) is 0 Å². The summed E-state index contributed by atoms with van der Waals surface area (Å²) in [5.74, 6) is 3.50. The van der Waals surface area contributed by atoms with Gasteiger partial charge in [0.2, 0.25) is 0 Å². The molecule has 0 aromatic rings. The van der Waals surface area contributed by atoms with Crippen molar-refractivity contribution in [3.63, 3.8) is 0 Å². The predicted molar refractivity (Wildman–Crippen MR) is 42.1 cm³/mol. The van der Waals surface area contributed by atoms with Gasteiger partial charge < -0.3 is 0 Å². The van der Waals surface area contributed by atoms with Crippen molar-refractivity contribution in [1.82, 2.24) is 0 Å². The summed E-state index contributed by atoms with van der Waals surface area (Å²) in [6.07, 6.45) is 6.55. The highest BCUT2D eigenvalue weighted by Crippen LogP contribution is 2.57. The molecule has 0 amide bonds. The van der Waals surface area contributed by atoms with E-state index in [1.54, 1.807) is 0 Å². The van der Waals surface area contributed by atoms with E-state index in [4.69, 9.17) is 0 Å². The molecule has 0 aliphatic heterocycles. The maximum atomic E-state index is 11.5. The van der Waals surface area contributed by atoms with Crippen molar-refractivity contribution in [2.24, 2.45) is 23.7 Å². The lowest BCUT2D eigenvalue weighted by atomic mass is 9.58. The van der Waals surface area contributed by atoms with Crippen molar-refractivity contribution >= 4 is 5.78 Å². The smallest absolute Gasteiger partial charge is 0.139 e. The van der Waals surface area contributed by atoms with Gasteiger partial charge in [0.05, 0.1) is 0 Å². The summed E-state index contributed by atoms with van der Waals surface area (Å²) in [6.45, 7) is 0. The fourth-order valence-corrected chi connectivity index (χ4v) is 3.67. The minimum absolute atomic E-state index is 0.529. The fourth-order valence-electron chi connectivity index (χ4n) is 3.67. The Balaban J connectivity index is 1.92. The molecule has 4 atom stereocenters. The van der Waals surface area contributed by atoms with Gasteiger partial charge >= 0.3 is 0 Å². The molecule has 0 spiro atoms. The molecule has 3 aliphatic rings. The second-order valence-electron chi connectivity index (χ2n) is 4.46. The third-order valence-electron chi connectivity index (χ3n) is 4.14. The maximum Gasteiger partial charge on any atom is 0.139 e. The van der Waals surface area contributed by atoms with Crippen LogP contribution in [-0.2, 0) is 4.79 Å². The van der Waals surface area contributed by atoms with Gasteiger partial charge in [-0.15, -0.1) is 0 Å².